The Morgan fingerprint density at radius 2 is 2.14 bits per heavy atom. The molecule has 0 radical (unpaired) electrons. The molecule has 1 rings (SSSR count). The van der Waals surface area contributed by atoms with Crippen molar-refractivity contribution >= 4 is 17.7 Å². The molecule has 0 aromatic heterocycles. The molecule has 0 aromatic rings. The van der Waals surface area contributed by atoms with Crippen molar-refractivity contribution in [2.75, 3.05) is 13.1 Å². The normalized spacial score (nSPS) is 21.1. The topological polar surface area (TPSA) is 92.5 Å². The molecule has 14 heavy (non-hydrogen) atoms. The van der Waals surface area contributed by atoms with Crippen LogP contribution in [0.1, 0.15) is 13.8 Å². The fourth-order valence-corrected chi connectivity index (χ4v) is 1.23. The molecule has 1 aliphatic rings. The molecule has 3 amide bonds. The first-order valence-electron chi connectivity index (χ1n) is 4.23. The summed E-state index contributed by atoms with van der Waals surface area (Å²) in [6, 6.07) is 0. The molecule has 0 aromatic carbocycles. The Morgan fingerprint density at radius 3 is 2.64 bits per heavy atom. The van der Waals surface area contributed by atoms with E-state index in [9.17, 15) is 14.4 Å². The van der Waals surface area contributed by atoms with Crippen molar-refractivity contribution in [3.63, 3.8) is 0 Å². The molecule has 6 nitrogen and oxygen atoms in total. The van der Waals surface area contributed by atoms with Crippen LogP contribution in [0.3, 0.4) is 0 Å². The van der Waals surface area contributed by atoms with E-state index < -0.39 is 23.3 Å². The van der Waals surface area contributed by atoms with Gasteiger partial charge in [0.1, 0.15) is 6.54 Å². The second-order valence-corrected chi connectivity index (χ2v) is 3.73. The lowest BCUT2D eigenvalue weighted by molar-refractivity contribution is -0.154. The number of nitrogens with one attached hydrogen (secondary N) is 1. The molecule has 1 aliphatic heterocycles. The highest BCUT2D eigenvalue weighted by Crippen LogP contribution is 2.12. The van der Waals surface area contributed by atoms with Crippen LogP contribution in [0.15, 0.2) is 0 Å². The Morgan fingerprint density at radius 1 is 1.57 bits per heavy atom. The van der Waals surface area contributed by atoms with E-state index in [2.05, 4.69) is 5.32 Å². The number of carbonyl (C=O) groups excluding carboxylic acids is 3. The van der Waals surface area contributed by atoms with Crippen LogP contribution in [0.5, 0.6) is 0 Å². The predicted octanol–water partition coefficient (Wildman–Crippen LogP) is -1.79. The number of hydrogen-bond acceptors (Lipinski definition) is 4. The number of nitrogens with zero attached hydrogens (tertiary/aromatic N) is 1. The second kappa shape index (κ2) is 3.38. The minimum atomic E-state index is -0.816. The zero-order valence-electron chi connectivity index (χ0n) is 8.16. The van der Waals surface area contributed by atoms with Crippen LogP contribution in [0, 0.1) is 0 Å². The van der Waals surface area contributed by atoms with E-state index in [1.807, 2.05) is 0 Å². The van der Waals surface area contributed by atoms with Crippen molar-refractivity contribution < 1.29 is 14.4 Å². The third-order valence-electron chi connectivity index (χ3n) is 2.08. The molecule has 1 fully saturated rings. The Balaban J connectivity index is 2.84. The maximum Gasteiger partial charge on any atom is 0.249 e. The van der Waals surface area contributed by atoms with Gasteiger partial charge in [0.25, 0.3) is 0 Å². The van der Waals surface area contributed by atoms with E-state index in [-0.39, 0.29) is 13.1 Å². The number of carbonyl (C=O) groups is 3. The van der Waals surface area contributed by atoms with Gasteiger partial charge in [0.15, 0.2) is 0 Å². The van der Waals surface area contributed by atoms with Gasteiger partial charge in [0, 0.05) is 0 Å². The first-order chi connectivity index (χ1) is 6.34. The molecule has 1 saturated heterocycles. The summed E-state index contributed by atoms with van der Waals surface area (Å²) in [6.45, 7) is 3.00. The number of primary amides is 1. The molecule has 0 spiro atoms. The molecule has 3 N–H and O–H groups in total. The van der Waals surface area contributed by atoms with Crippen LogP contribution in [0.2, 0.25) is 0 Å². The van der Waals surface area contributed by atoms with Gasteiger partial charge in [0.05, 0.1) is 12.1 Å². The quantitative estimate of drug-likeness (QED) is 0.514. The van der Waals surface area contributed by atoms with Gasteiger partial charge in [-0.25, -0.2) is 0 Å². The van der Waals surface area contributed by atoms with E-state index in [0.29, 0.717) is 0 Å². The van der Waals surface area contributed by atoms with Crippen LogP contribution >= 0.6 is 0 Å². The first kappa shape index (κ1) is 10.6. The summed E-state index contributed by atoms with van der Waals surface area (Å²) in [6.07, 6.45) is 0. The molecule has 1 heterocycles. The van der Waals surface area contributed by atoms with Crippen molar-refractivity contribution in [2.45, 2.75) is 19.4 Å². The number of piperazine rings is 1. The number of imide groups is 1. The predicted molar refractivity (Wildman–Crippen MR) is 48.0 cm³/mol. The highest BCUT2D eigenvalue weighted by molar-refractivity contribution is 6.05. The Hall–Kier alpha value is -1.43. The van der Waals surface area contributed by atoms with E-state index in [1.165, 1.54) is 0 Å². The maximum absolute atomic E-state index is 11.6. The average Bonchev–Trinajstić information content (AvgIpc) is 2.06. The molecule has 78 valence electrons. The maximum atomic E-state index is 11.6. The van der Waals surface area contributed by atoms with E-state index in [1.54, 1.807) is 13.8 Å². The summed E-state index contributed by atoms with van der Waals surface area (Å²) in [5.74, 6) is -1.54. The van der Waals surface area contributed by atoms with Crippen molar-refractivity contribution in [1.29, 1.82) is 0 Å². The SMILES string of the molecule is CC1(C)NCC(=O)N(CC(N)=O)C1=O. The third-order valence-corrected chi connectivity index (χ3v) is 2.08. The standard InChI is InChI=1S/C8H13N3O3/c1-8(2)7(14)11(4-5(9)12)6(13)3-10-8/h10H,3-4H2,1-2H3,(H2,9,12). The number of rotatable bonds is 2. The average molecular weight is 199 g/mol. The lowest BCUT2D eigenvalue weighted by Crippen LogP contribution is -2.64. The Kier molecular flexibility index (Phi) is 2.57. The van der Waals surface area contributed by atoms with Gasteiger partial charge < -0.3 is 5.73 Å². The summed E-state index contributed by atoms with van der Waals surface area (Å²) in [5.41, 5.74) is 4.11. The van der Waals surface area contributed by atoms with E-state index in [4.69, 9.17) is 5.73 Å². The highest BCUT2D eigenvalue weighted by Gasteiger charge is 2.40. The molecule has 0 bridgehead atoms. The molecule has 6 heteroatoms. The molecule has 0 atom stereocenters. The van der Waals surface area contributed by atoms with Gasteiger partial charge in [-0.1, -0.05) is 0 Å². The number of nitrogens with two attached hydrogens (primary N) is 1. The third kappa shape index (κ3) is 1.90. The fraction of sp³-hybridized carbons (Fsp3) is 0.625. The fourth-order valence-electron chi connectivity index (χ4n) is 1.23. The summed E-state index contributed by atoms with van der Waals surface area (Å²) < 4.78 is 0. The summed E-state index contributed by atoms with van der Waals surface area (Å²) in [4.78, 5) is 34.4. The van der Waals surface area contributed by atoms with Gasteiger partial charge in [-0.05, 0) is 13.8 Å². The zero-order valence-corrected chi connectivity index (χ0v) is 8.16. The Bertz CT molecular complexity index is 298. The van der Waals surface area contributed by atoms with Gasteiger partial charge in [0.2, 0.25) is 17.7 Å². The van der Waals surface area contributed by atoms with Crippen LogP contribution in [0.25, 0.3) is 0 Å². The van der Waals surface area contributed by atoms with Gasteiger partial charge in [-0.2, -0.15) is 0 Å². The van der Waals surface area contributed by atoms with Crippen molar-refractivity contribution in [2.24, 2.45) is 5.73 Å². The van der Waals surface area contributed by atoms with Gasteiger partial charge in [-0.15, -0.1) is 0 Å². The van der Waals surface area contributed by atoms with Crippen LogP contribution in [-0.2, 0) is 14.4 Å². The second-order valence-electron chi connectivity index (χ2n) is 3.73. The first-order valence-corrected chi connectivity index (χ1v) is 4.23. The van der Waals surface area contributed by atoms with Crippen molar-refractivity contribution in [3.05, 3.63) is 0 Å². The molecular formula is C8H13N3O3. The van der Waals surface area contributed by atoms with Crippen molar-refractivity contribution in [3.8, 4) is 0 Å². The van der Waals surface area contributed by atoms with Gasteiger partial charge >= 0.3 is 0 Å². The number of amides is 3. The lowest BCUT2D eigenvalue weighted by atomic mass is 10.0. The summed E-state index contributed by atoms with van der Waals surface area (Å²) in [5, 5.41) is 2.77. The van der Waals surface area contributed by atoms with Crippen LogP contribution < -0.4 is 11.1 Å². The van der Waals surface area contributed by atoms with Crippen LogP contribution in [-0.4, -0.2) is 41.2 Å². The summed E-state index contributed by atoms with van der Waals surface area (Å²) >= 11 is 0. The zero-order chi connectivity index (χ0) is 10.9. The van der Waals surface area contributed by atoms with Crippen molar-refractivity contribution in [1.82, 2.24) is 10.2 Å². The molecular weight excluding hydrogens is 186 g/mol. The molecule has 0 aliphatic carbocycles. The largest absolute Gasteiger partial charge is 0.368 e. The smallest absolute Gasteiger partial charge is 0.249 e. The summed E-state index contributed by atoms with van der Waals surface area (Å²) in [7, 11) is 0. The Labute approximate surface area is 81.4 Å². The monoisotopic (exact) mass is 199 g/mol. The van der Waals surface area contributed by atoms with E-state index >= 15 is 0 Å². The van der Waals surface area contributed by atoms with Crippen LogP contribution in [0.4, 0.5) is 0 Å². The molecule has 0 unspecified atom stereocenters. The van der Waals surface area contributed by atoms with Gasteiger partial charge in [-0.3, -0.25) is 24.6 Å². The minimum Gasteiger partial charge on any atom is -0.368 e. The minimum absolute atomic E-state index is 0.0476. The highest BCUT2D eigenvalue weighted by atomic mass is 16.2. The lowest BCUT2D eigenvalue weighted by Gasteiger charge is -2.35. The van der Waals surface area contributed by atoms with E-state index in [0.717, 1.165) is 4.90 Å². The molecule has 0 saturated carbocycles. The number of hydrogen-bond donors (Lipinski definition) is 2.